The molecule has 4 nitrogen and oxygen atoms in total. The summed E-state index contributed by atoms with van der Waals surface area (Å²) in [6.07, 6.45) is 4.50. The van der Waals surface area contributed by atoms with Crippen LogP contribution in [0.1, 0.15) is 43.0 Å². The molecule has 0 unspecified atom stereocenters. The van der Waals surface area contributed by atoms with E-state index in [0.29, 0.717) is 16.6 Å². The van der Waals surface area contributed by atoms with Gasteiger partial charge in [-0.3, -0.25) is 4.79 Å². The van der Waals surface area contributed by atoms with Crippen molar-refractivity contribution < 1.29 is 13.2 Å². The predicted molar refractivity (Wildman–Crippen MR) is 86.1 cm³/mol. The molecule has 1 amide bonds. The minimum absolute atomic E-state index is 0.0920. The number of rotatable bonds is 5. The molecule has 2 rings (SSSR count). The lowest BCUT2D eigenvalue weighted by Gasteiger charge is -2.41. The van der Waals surface area contributed by atoms with Crippen molar-refractivity contribution in [3.8, 4) is 0 Å². The van der Waals surface area contributed by atoms with Gasteiger partial charge >= 0.3 is 0 Å². The summed E-state index contributed by atoms with van der Waals surface area (Å²) in [4.78, 5) is 12.1. The summed E-state index contributed by atoms with van der Waals surface area (Å²) < 4.78 is 23.2. The van der Waals surface area contributed by atoms with Gasteiger partial charge in [-0.1, -0.05) is 13.3 Å². The Morgan fingerprint density at radius 2 is 2.10 bits per heavy atom. The van der Waals surface area contributed by atoms with Crippen LogP contribution in [0.2, 0.25) is 0 Å². The van der Waals surface area contributed by atoms with Crippen LogP contribution in [0.5, 0.6) is 0 Å². The van der Waals surface area contributed by atoms with Gasteiger partial charge in [0.2, 0.25) is 0 Å². The quantitative estimate of drug-likeness (QED) is 0.775. The summed E-state index contributed by atoms with van der Waals surface area (Å²) in [6, 6.07) is 4.38. The first kappa shape index (κ1) is 16.8. The van der Waals surface area contributed by atoms with Crippen LogP contribution >= 0.6 is 26.6 Å². The van der Waals surface area contributed by atoms with Crippen LogP contribution in [0.3, 0.4) is 0 Å². The largest absolute Gasteiger partial charge is 0.351 e. The van der Waals surface area contributed by atoms with Crippen LogP contribution in [0.25, 0.3) is 0 Å². The molecule has 21 heavy (non-hydrogen) atoms. The number of benzene rings is 1. The first-order chi connectivity index (χ1) is 9.77. The molecule has 0 spiro atoms. The van der Waals surface area contributed by atoms with Crippen LogP contribution in [0, 0.1) is 5.41 Å². The molecule has 0 aromatic heterocycles. The van der Waals surface area contributed by atoms with Crippen LogP contribution < -0.4 is 5.32 Å². The highest BCUT2D eigenvalue weighted by Gasteiger charge is 2.35. The highest BCUT2D eigenvalue weighted by Crippen LogP contribution is 2.43. The lowest BCUT2D eigenvalue weighted by molar-refractivity contribution is 0.0850. The fraction of sp³-hybridized carbons (Fsp3) is 0.500. The number of nitrogens with one attached hydrogen (secondary N) is 1. The van der Waals surface area contributed by atoms with E-state index in [9.17, 15) is 13.2 Å². The summed E-state index contributed by atoms with van der Waals surface area (Å²) in [6.45, 7) is 2.75. The zero-order valence-electron chi connectivity index (χ0n) is 11.7. The number of halogens is 2. The lowest BCUT2D eigenvalue weighted by Crippen LogP contribution is -2.41. The van der Waals surface area contributed by atoms with Crippen molar-refractivity contribution in [1.82, 2.24) is 5.32 Å². The van der Waals surface area contributed by atoms with E-state index in [1.807, 2.05) is 0 Å². The van der Waals surface area contributed by atoms with Gasteiger partial charge < -0.3 is 5.32 Å². The van der Waals surface area contributed by atoms with E-state index in [2.05, 4.69) is 28.2 Å². The first-order valence-corrected chi connectivity index (χ1v) is 9.90. The van der Waals surface area contributed by atoms with E-state index in [1.165, 1.54) is 18.6 Å². The Bertz CT molecular complexity index is 651. The van der Waals surface area contributed by atoms with Gasteiger partial charge in [-0.05, 0) is 58.8 Å². The maximum absolute atomic E-state index is 12.2. The van der Waals surface area contributed by atoms with Crippen molar-refractivity contribution in [3.63, 3.8) is 0 Å². The van der Waals surface area contributed by atoms with E-state index in [4.69, 9.17) is 10.7 Å². The molecule has 0 bridgehead atoms. The molecular weight excluding hydrogens is 378 g/mol. The monoisotopic (exact) mass is 393 g/mol. The van der Waals surface area contributed by atoms with E-state index < -0.39 is 9.05 Å². The second kappa shape index (κ2) is 6.26. The molecule has 7 heteroatoms. The number of amides is 1. The van der Waals surface area contributed by atoms with E-state index >= 15 is 0 Å². The van der Waals surface area contributed by atoms with E-state index in [0.717, 1.165) is 19.3 Å². The third-order valence-electron chi connectivity index (χ3n) is 4.24. The highest BCUT2D eigenvalue weighted by molar-refractivity contribution is 9.10. The second-order valence-corrected chi connectivity index (χ2v) is 8.86. The molecular formula is C14H17BrClNO3S. The molecule has 0 saturated heterocycles. The Kier molecular flexibility index (Phi) is 5.00. The second-order valence-electron chi connectivity index (χ2n) is 5.47. The zero-order valence-corrected chi connectivity index (χ0v) is 14.8. The molecule has 0 heterocycles. The minimum atomic E-state index is -3.89. The van der Waals surface area contributed by atoms with Crippen molar-refractivity contribution in [2.45, 2.75) is 37.5 Å². The molecule has 1 N–H and O–H groups in total. The van der Waals surface area contributed by atoms with Crippen LogP contribution in [-0.4, -0.2) is 20.9 Å². The Hall–Kier alpha value is -0.590. The fourth-order valence-corrected chi connectivity index (χ4v) is 4.65. The molecule has 1 aliphatic carbocycles. The molecule has 116 valence electrons. The summed E-state index contributed by atoms with van der Waals surface area (Å²) in [5.74, 6) is -0.274. The van der Waals surface area contributed by atoms with Gasteiger partial charge in [-0.15, -0.1) is 0 Å². The molecule has 1 aromatic rings. The number of carbonyl (C=O) groups excluding carboxylic acids is 1. The van der Waals surface area contributed by atoms with Crippen LogP contribution in [-0.2, 0) is 9.05 Å². The predicted octanol–water partition coefficient (Wildman–Crippen LogP) is 3.69. The van der Waals surface area contributed by atoms with Crippen molar-refractivity contribution in [2.75, 3.05) is 6.54 Å². The Labute approximate surface area is 137 Å². The summed E-state index contributed by atoms with van der Waals surface area (Å²) in [5, 5.41) is 2.90. The van der Waals surface area contributed by atoms with Crippen LogP contribution in [0.4, 0.5) is 0 Å². The SMILES string of the molecule is CCC1(CNC(=O)c2ccc(Br)c(S(=O)(=O)Cl)c2)CCC1. The fourth-order valence-electron chi connectivity index (χ4n) is 2.53. The van der Waals surface area contributed by atoms with Crippen molar-refractivity contribution in [1.29, 1.82) is 0 Å². The lowest BCUT2D eigenvalue weighted by atomic mass is 9.67. The molecule has 1 saturated carbocycles. The van der Waals surface area contributed by atoms with Crippen molar-refractivity contribution >= 4 is 41.6 Å². The van der Waals surface area contributed by atoms with Gasteiger partial charge in [0.1, 0.15) is 0 Å². The number of carbonyl (C=O) groups is 1. The Morgan fingerprint density at radius 3 is 2.57 bits per heavy atom. The van der Waals surface area contributed by atoms with Gasteiger partial charge in [0.25, 0.3) is 15.0 Å². The molecule has 1 aromatic carbocycles. The van der Waals surface area contributed by atoms with E-state index in [-0.39, 0.29) is 16.2 Å². The van der Waals surface area contributed by atoms with Crippen LogP contribution in [0.15, 0.2) is 27.6 Å². The Morgan fingerprint density at radius 1 is 1.43 bits per heavy atom. The standard InChI is InChI=1S/C14H17BrClNO3S/c1-2-14(6-3-7-14)9-17-13(18)10-4-5-11(15)12(8-10)21(16,19)20/h4-5,8H,2-3,6-7,9H2,1H3,(H,17,18). The van der Waals surface area contributed by atoms with Crippen molar-refractivity contribution in [2.24, 2.45) is 5.41 Å². The highest BCUT2D eigenvalue weighted by atomic mass is 79.9. The zero-order chi connectivity index (χ0) is 15.7. The maximum Gasteiger partial charge on any atom is 0.262 e. The number of hydrogen-bond acceptors (Lipinski definition) is 3. The molecule has 0 atom stereocenters. The summed E-state index contributed by atoms with van der Waals surface area (Å²) in [7, 11) is 1.47. The normalized spacial score (nSPS) is 17.1. The van der Waals surface area contributed by atoms with Gasteiger partial charge in [0, 0.05) is 27.3 Å². The van der Waals surface area contributed by atoms with Gasteiger partial charge in [-0.25, -0.2) is 8.42 Å². The molecule has 1 fully saturated rings. The average molecular weight is 395 g/mol. The molecule has 0 radical (unpaired) electrons. The molecule has 1 aliphatic rings. The topological polar surface area (TPSA) is 63.2 Å². The smallest absolute Gasteiger partial charge is 0.262 e. The minimum Gasteiger partial charge on any atom is -0.351 e. The van der Waals surface area contributed by atoms with Gasteiger partial charge in [0.05, 0.1) is 4.90 Å². The summed E-state index contributed by atoms with van der Waals surface area (Å²) in [5.41, 5.74) is 0.509. The van der Waals surface area contributed by atoms with Gasteiger partial charge in [-0.2, -0.15) is 0 Å². The Balaban J connectivity index is 2.13. The van der Waals surface area contributed by atoms with E-state index in [1.54, 1.807) is 6.07 Å². The van der Waals surface area contributed by atoms with Gasteiger partial charge in [0.15, 0.2) is 0 Å². The van der Waals surface area contributed by atoms with Crippen molar-refractivity contribution in [3.05, 3.63) is 28.2 Å². The molecule has 0 aliphatic heterocycles. The average Bonchev–Trinajstić information content (AvgIpc) is 2.37. The first-order valence-electron chi connectivity index (χ1n) is 6.80. The third kappa shape index (κ3) is 3.79. The number of hydrogen-bond donors (Lipinski definition) is 1. The third-order valence-corrected chi connectivity index (χ3v) is 6.56. The summed E-state index contributed by atoms with van der Waals surface area (Å²) >= 11 is 3.12. The maximum atomic E-state index is 12.2.